The normalized spacial score (nSPS) is 30.2. The van der Waals surface area contributed by atoms with Gasteiger partial charge in [-0.2, -0.15) is 5.10 Å². The minimum atomic E-state index is -2.16. The molecular formula is C39H44N4O13. The Balaban J connectivity index is 1.19. The average molecular weight is 777 g/mol. The molecule has 2 aromatic carbocycles. The van der Waals surface area contributed by atoms with Crippen molar-refractivity contribution >= 4 is 35.0 Å². The van der Waals surface area contributed by atoms with E-state index < -0.39 is 102 Å². The molecule has 0 aromatic heterocycles. The summed E-state index contributed by atoms with van der Waals surface area (Å²) in [5, 5.41) is 61.0. The van der Waals surface area contributed by atoms with Crippen LogP contribution in [0.5, 0.6) is 17.2 Å². The highest BCUT2D eigenvalue weighted by atomic mass is 16.7. The lowest BCUT2D eigenvalue weighted by molar-refractivity contribution is -0.245. The fourth-order valence-corrected chi connectivity index (χ4v) is 8.59. The molecule has 3 amide bonds. The van der Waals surface area contributed by atoms with Crippen molar-refractivity contribution in [2.75, 3.05) is 20.3 Å². The Labute approximate surface area is 320 Å². The first-order chi connectivity index (χ1) is 26.7. The lowest BCUT2D eigenvalue weighted by atomic mass is 9.71. The number of carbonyl (C=O) groups is 5. The van der Waals surface area contributed by atoms with Crippen LogP contribution in [0.3, 0.4) is 0 Å². The quantitative estimate of drug-likeness (QED) is 0.0681. The van der Waals surface area contributed by atoms with E-state index in [0.29, 0.717) is 25.7 Å². The van der Waals surface area contributed by atoms with Gasteiger partial charge in [-0.1, -0.05) is 12.1 Å². The Morgan fingerprint density at radius 1 is 1.04 bits per heavy atom. The Morgan fingerprint density at radius 3 is 2.36 bits per heavy atom. The van der Waals surface area contributed by atoms with Crippen molar-refractivity contribution in [1.29, 1.82) is 0 Å². The molecule has 2 aliphatic heterocycles. The van der Waals surface area contributed by atoms with E-state index in [-0.39, 0.29) is 64.4 Å². The monoisotopic (exact) mass is 776 g/mol. The third-order valence-corrected chi connectivity index (χ3v) is 11.7. The zero-order chi connectivity index (χ0) is 40.2. The molecule has 2 heterocycles. The maximum atomic E-state index is 14.0. The standard InChI is InChI=1S/C39H44N4O13/c1-17-33(47)22(40)12-28(55-17)56-24-14-39(53,25(16-44)41-42-38(52)19-8-6-18(7-9-19)15-43-26(45)10-11-27(43)46)13-21-30(24)37(51)32-31(35(21)49)34(48)20-4-3-5-23(54-2)29(20)36(32)50/h3-5,10-11,17-19,22,24,28,33,44,47,49,51,53H,6-9,12-16,40H2,1-2H3,(H,42,52)/b41-25+/t17?,18?,19?,22-,24+,28+,33-,39+/m1/s1. The largest absolute Gasteiger partial charge is 0.507 e. The van der Waals surface area contributed by atoms with Gasteiger partial charge in [-0.05, 0) is 44.6 Å². The molecule has 0 spiro atoms. The van der Waals surface area contributed by atoms with Crippen LogP contribution in [0, 0.1) is 11.8 Å². The molecule has 0 bridgehead atoms. The third-order valence-electron chi connectivity index (χ3n) is 11.7. The Hall–Kier alpha value is -5.04. The number of amides is 3. The molecule has 1 saturated heterocycles. The molecule has 298 valence electrons. The van der Waals surface area contributed by atoms with E-state index in [4.69, 9.17) is 19.9 Å². The SMILES string of the molecule is COc1cccc2c1C(=O)c1c(O)c3c(c(O)c1C2=O)C[C@@](O)(/C(CO)=N/NC(=O)C1CCC(CN2C(=O)C=CC2=O)CC1)C[C@@H]3O[C@H]1C[C@@H](N)[C@H](O)C(C)O1. The zero-order valence-electron chi connectivity index (χ0n) is 30.8. The van der Waals surface area contributed by atoms with E-state index >= 15 is 0 Å². The zero-order valence-corrected chi connectivity index (χ0v) is 30.8. The summed E-state index contributed by atoms with van der Waals surface area (Å²) in [5.74, 6) is -4.57. The van der Waals surface area contributed by atoms with Gasteiger partial charge >= 0.3 is 0 Å². The predicted octanol–water partition coefficient (Wildman–Crippen LogP) is 0.636. The second-order valence-electron chi connectivity index (χ2n) is 15.1. The smallest absolute Gasteiger partial charge is 0.253 e. The minimum Gasteiger partial charge on any atom is -0.507 e. The van der Waals surface area contributed by atoms with Crippen LogP contribution in [0.2, 0.25) is 0 Å². The number of phenolic OH excluding ortho intramolecular Hbond substituents is 2. The Kier molecular flexibility index (Phi) is 10.6. The van der Waals surface area contributed by atoms with Crippen LogP contribution in [-0.4, -0.2) is 116 Å². The van der Waals surface area contributed by atoms with Gasteiger partial charge in [-0.25, -0.2) is 5.43 Å². The van der Waals surface area contributed by atoms with Crippen LogP contribution in [0.4, 0.5) is 0 Å². The molecule has 8 N–H and O–H groups in total. The second-order valence-corrected chi connectivity index (χ2v) is 15.1. The van der Waals surface area contributed by atoms with E-state index in [1.807, 2.05) is 0 Å². The van der Waals surface area contributed by atoms with Crippen molar-refractivity contribution < 1.29 is 63.7 Å². The van der Waals surface area contributed by atoms with Gasteiger partial charge < -0.3 is 45.5 Å². The van der Waals surface area contributed by atoms with E-state index in [2.05, 4.69) is 10.5 Å². The maximum Gasteiger partial charge on any atom is 0.253 e. The molecular weight excluding hydrogens is 732 g/mol. The summed E-state index contributed by atoms with van der Waals surface area (Å²) in [7, 11) is 1.32. The summed E-state index contributed by atoms with van der Waals surface area (Å²) in [5.41, 5.74) is 4.66. The number of hydrogen-bond donors (Lipinski definition) is 7. The molecule has 17 heteroatoms. The van der Waals surface area contributed by atoms with E-state index in [1.54, 1.807) is 6.92 Å². The third kappa shape index (κ3) is 6.77. The van der Waals surface area contributed by atoms with Crippen molar-refractivity contribution in [3.05, 3.63) is 63.7 Å². The summed E-state index contributed by atoms with van der Waals surface area (Å²) < 4.78 is 17.5. The fourth-order valence-electron chi connectivity index (χ4n) is 8.59. The van der Waals surface area contributed by atoms with Crippen LogP contribution in [0.15, 0.2) is 35.5 Å². The van der Waals surface area contributed by atoms with Gasteiger partial charge in [-0.3, -0.25) is 28.9 Å². The summed E-state index contributed by atoms with van der Waals surface area (Å²) >= 11 is 0. The topological polar surface area (TPSA) is 268 Å². The number of ketones is 2. The molecule has 5 aliphatic rings. The summed E-state index contributed by atoms with van der Waals surface area (Å²) in [6.45, 7) is 0.972. The number of phenols is 2. The van der Waals surface area contributed by atoms with Crippen molar-refractivity contribution in [2.45, 2.75) is 88.1 Å². The van der Waals surface area contributed by atoms with Gasteiger partial charge in [0.05, 0.1) is 54.4 Å². The average Bonchev–Trinajstić information content (AvgIpc) is 3.49. The number of aromatic hydroxyl groups is 2. The molecule has 17 nitrogen and oxygen atoms in total. The van der Waals surface area contributed by atoms with Crippen LogP contribution >= 0.6 is 0 Å². The van der Waals surface area contributed by atoms with Crippen LogP contribution < -0.4 is 15.9 Å². The highest BCUT2D eigenvalue weighted by molar-refractivity contribution is 6.31. The number of imide groups is 1. The van der Waals surface area contributed by atoms with Crippen molar-refractivity contribution in [1.82, 2.24) is 10.3 Å². The lowest BCUT2D eigenvalue weighted by Gasteiger charge is -2.43. The molecule has 6 atom stereocenters. The number of ether oxygens (including phenoxy) is 3. The number of benzene rings is 2. The highest BCUT2D eigenvalue weighted by Crippen LogP contribution is 2.52. The Morgan fingerprint density at radius 2 is 1.71 bits per heavy atom. The summed E-state index contributed by atoms with van der Waals surface area (Å²) in [6, 6.07) is 3.59. The molecule has 3 aliphatic carbocycles. The second kappa shape index (κ2) is 15.1. The number of hydrazone groups is 1. The van der Waals surface area contributed by atoms with Crippen LogP contribution in [-0.2, 0) is 30.3 Å². The van der Waals surface area contributed by atoms with Gasteiger partial charge in [0.1, 0.15) is 22.8 Å². The van der Waals surface area contributed by atoms with E-state index in [1.165, 1.54) is 42.4 Å². The summed E-state index contributed by atoms with van der Waals surface area (Å²) in [6.07, 6.45) is -0.810. The minimum absolute atomic E-state index is 0.0176. The van der Waals surface area contributed by atoms with Gasteiger partial charge in [0.25, 0.3) is 11.8 Å². The highest BCUT2D eigenvalue weighted by Gasteiger charge is 2.50. The van der Waals surface area contributed by atoms with Gasteiger partial charge in [-0.15, -0.1) is 0 Å². The fraction of sp³-hybridized carbons (Fsp3) is 0.487. The first-order valence-corrected chi connectivity index (χ1v) is 18.5. The maximum absolute atomic E-state index is 14.0. The lowest BCUT2D eigenvalue weighted by Crippen LogP contribution is -2.53. The molecule has 0 radical (unpaired) electrons. The number of nitrogens with two attached hydrogens (primary N) is 1. The number of fused-ring (bicyclic) bond motifs is 3. The number of carbonyl (C=O) groups excluding carboxylic acids is 5. The van der Waals surface area contributed by atoms with Gasteiger partial charge in [0.2, 0.25) is 11.7 Å². The molecule has 56 heavy (non-hydrogen) atoms. The number of methoxy groups -OCH3 is 1. The Bertz CT molecular complexity index is 2030. The summed E-state index contributed by atoms with van der Waals surface area (Å²) in [4.78, 5) is 66.4. The first-order valence-electron chi connectivity index (χ1n) is 18.5. The molecule has 2 fully saturated rings. The van der Waals surface area contributed by atoms with Crippen molar-refractivity contribution in [3.63, 3.8) is 0 Å². The van der Waals surface area contributed by atoms with Gasteiger partial charge in [0, 0.05) is 66.6 Å². The number of hydrogen-bond acceptors (Lipinski definition) is 15. The molecule has 1 unspecified atom stereocenters. The number of aliphatic hydroxyl groups excluding tert-OH is 2. The number of nitrogens with zero attached hydrogens (tertiary/aromatic N) is 2. The van der Waals surface area contributed by atoms with Crippen LogP contribution in [0.25, 0.3) is 0 Å². The van der Waals surface area contributed by atoms with Crippen LogP contribution in [0.1, 0.15) is 94.5 Å². The predicted molar refractivity (Wildman–Crippen MR) is 194 cm³/mol. The van der Waals surface area contributed by atoms with Gasteiger partial charge in [0.15, 0.2) is 12.1 Å². The molecule has 7 rings (SSSR count). The first kappa shape index (κ1) is 39.2. The number of aliphatic hydroxyl groups is 3. The van der Waals surface area contributed by atoms with Crippen molar-refractivity contribution in [3.8, 4) is 17.2 Å². The number of rotatable bonds is 9. The van der Waals surface area contributed by atoms with Crippen molar-refractivity contribution in [2.24, 2.45) is 22.7 Å². The van der Waals surface area contributed by atoms with E-state index in [0.717, 1.165) is 0 Å². The molecule has 2 aromatic rings. The van der Waals surface area contributed by atoms with E-state index in [9.17, 15) is 49.5 Å². The number of nitrogens with one attached hydrogen (secondary N) is 1. The molecule has 1 saturated carbocycles.